The second-order valence-corrected chi connectivity index (χ2v) is 4.45. The van der Waals surface area contributed by atoms with Crippen LogP contribution in [-0.2, 0) is 5.41 Å². The maximum Gasteiger partial charge on any atom is 0.0444 e. The first-order chi connectivity index (χ1) is 6.78. The van der Waals surface area contributed by atoms with Crippen molar-refractivity contribution in [2.45, 2.75) is 25.2 Å². The molecule has 0 amide bonds. The lowest BCUT2D eigenvalue weighted by atomic mass is 9.96. The van der Waals surface area contributed by atoms with Crippen molar-refractivity contribution in [3.05, 3.63) is 34.9 Å². The van der Waals surface area contributed by atoms with E-state index in [0.717, 1.165) is 18.1 Å². The van der Waals surface area contributed by atoms with E-state index in [4.69, 9.17) is 11.6 Å². The van der Waals surface area contributed by atoms with Crippen molar-refractivity contribution in [1.29, 1.82) is 0 Å². The Morgan fingerprint density at radius 1 is 1.36 bits per heavy atom. The summed E-state index contributed by atoms with van der Waals surface area (Å²) in [7, 11) is 0. The lowest BCUT2D eigenvalue weighted by Gasteiger charge is -2.17. The van der Waals surface area contributed by atoms with Crippen LogP contribution in [0.2, 0.25) is 5.02 Å². The highest BCUT2D eigenvalue weighted by Gasteiger charge is 2.44. The summed E-state index contributed by atoms with van der Waals surface area (Å²) in [5.41, 5.74) is 1.66. The van der Waals surface area contributed by atoms with E-state index in [0.29, 0.717) is 5.41 Å². The first-order valence-corrected chi connectivity index (χ1v) is 5.62. The molecule has 1 aromatic rings. The zero-order valence-corrected chi connectivity index (χ0v) is 9.27. The van der Waals surface area contributed by atoms with Gasteiger partial charge in [0.1, 0.15) is 0 Å². The summed E-state index contributed by atoms with van der Waals surface area (Å²) in [6.45, 7) is 4.24. The molecule has 1 N–H and O–H groups in total. The second kappa shape index (κ2) is 3.92. The number of nitrogens with one attached hydrogen (secondary N) is 1. The van der Waals surface area contributed by atoms with Gasteiger partial charge in [-0.1, -0.05) is 36.7 Å². The van der Waals surface area contributed by atoms with Crippen LogP contribution in [0, 0.1) is 0 Å². The van der Waals surface area contributed by atoms with E-state index >= 15 is 0 Å². The number of hydrogen-bond acceptors (Lipinski definition) is 1. The van der Waals surface area contributed by atoms with Crippen LogP contribution < -0.4 is 5.32 Å². The highest BCUT2D eigenvalue weighted by Crippen LogP contribution is 2.49. The minimum Gasteiger partial charge on any atom is -0.316 e. The molecule has 14 heavy (non-hydrogen) atoms. The summed E-state index contributed by atoms with van der Waals surface area (Å²) in [6, 6.07) is 8.22. The lowest BCUT2D eigenvalue weighted by molar-refractivity contribution is 0.591. The van der Waals surface area contributed by atoms with E-state index < -0.39 is 0 Å². The molecule has 1 aliphatic rings. The minimum absolute atomic E-state index is 0.342. The van der Waals surface area contributed by atoms with E-state index in [9.17, 15) is 0 Å². The predicted octanol–water partition coefficient (Wildman–Crippen LogP) is 2.98. The van der Waals surface area contributed by atoms with Crippen LogP contribution >= 0.6 is 11.6 Å². The molecule has 1 nitrogen and oxygen atoms in total. The first-order valence-electron chi connectivity index (χ1n) is 5.24. The van der Waals surface area contributed by atoms with Crippen LogP contribution in [0.15, 0.2) is 24.3 Å². The van der Waals surface area contributed by atoms with Crippen LogP contribution in [0.4, 0.5) is 0 Å². The molecule has 0 heterocycles. The fraction of sp³-hybridized carbons (Fsp3) is 0.500. The summed E-state index contributed by atoms with van der Waals surface area (Å²) in [5, 5.41) is 4.34. The highest BCUT2D eigenvalue weighted by molar-refractivity contribution is 6.31. The molecular formula is C12H16ClN. The number of benzene rings is 1. The fourth-order valence-corrected chi connectivity index (χ4v) is 2.28. The Balaban J connectivity index is 2.18. The predicted molar refractivity (Wildman–Crippen MR) is 60.9 cm³/mol. The van der Waals surface area contributed by atoms with Crippen LogP contribution in [-0.4, -0.2) is 13.1 Å². The molecule has 0 atom stereocenters. The average Bonchev–Trinajstić information content (AvgIpc) is 2.97. The van der Waals surface area contributed by atoms with E-state index in [-0.39, 0.29) is 0 Å². The average molecular weight is 210 g/mol. The van der Waals surface area contributed by atoms with Crippen LogP contribution in [0.1, 0.15) is 25.3 Å². The van der Waals surface area contributed by atoms with Gasteiger partial charge in [0.05, 0.1) is 0 Å². The van der Waals surface area contributed by atoms with Crippen molar-refractivity contribution in [3.8, 4) is 0 Å². The number of likely N-dealkylation sites (N-methyl/N-ethyl adjacent to an activating group) is 1. The van der Waals surface area contributed by atoms with Gasteiger partial charge in [-0.25, -0.2) is 0 Å². The molecule has 0 aliphatic heterocycles. The van der Waals surface area contributed by atoms with E-state index in [1.54, 1.807) is 0 Å². The Morgan fingerprint density at radius 3 is 2.64 bits per heavy atom. The molecule has 2 heteroatoms. The minimum atomic E-state index is 0.342. The van der Waals surface area contributed by atoms with E-state index in [1.807, 2.05) is 12.1 Å². The van der Waals surface area contributed by atoms with Gasteiger partial charge in [0.2, 0.25) is 0 Å². The lowest BCUT2D eigenvalue weighted by Crippen LogP contribution is -2.26. The Kier molecular flexibility index (Phi) is 2.80. The second-order valence-electron chi connectivity index (χ2n) is 4.04. The quantitative estimate of drug-likeness (QED) is 0.804. The molecule has 0 aromatic heterocycles. The Morgan fingerprint density at radius 2 is 2.07 bits per heavy atom. The number of hydrogen-bond donors (Lipinski definition) is 1. The molecule has 0 unspecified atom stereocenters. The zero-order chi connectivity index (χ0) is 10.0. The third kappa shape index (κ3) is 1.79. The fourth-order valence-electron chi connectivity index (χ4n) is 1.95. The van der Waals surface area contributed by atoms with Gasteiger partial charge in [0.15, 0.2) is 0 Å². The topological polar surface area (TPSA) is 12.0 Å². The van der Waals surface area contributed by atoms with Crippen LogP contribution in [0.3, 0.4) is 0 Å². The third-order valence-corrected chi connectivity index (χ3v) is 3.34. The third-order valence-electron chi connectivity index (χ3n) is 3.01. The molecule has 0 saturated heterocycles. The van der Waals surface area contributed by atoms with Gasteiger partial charge in [-0.05, 0) is 31.0 Å². The maximum atomic E-state index is 6.20. The Labute approximate surface area is 90.5 Å². The molecule has 0 spiro atoms. The summed E-state index contributed by atoms with van der Waals surface area (Å²) < 4.78 is 0. The van der Waals surface area contributed by atoms with E-state index in [2.05, 4.69) is 24.4 Å². The zero-order valence-electron chi connectivity index (χ0n) is 8.52. The molecule has 0 bridgehead atoms. The van der Waals surface area contributed by atoms with Gasteiger partial charge < -0.3 is 5.32 Å². The molecule has 1 aromatic carbocycles. The maximum absolute atomic E-state index is 6.20. The van der Waals surface area contributed by atoms with E-state index in [1.165, 1.54) is 18.4 Å². The van der Waals surface area contributed by atoms with Crippen molar-refractivity contribution < 1.29 is 0 Å². The summed E-state index contributed by atoms with van der Waals surface area (Å²) in [5.74, 6) is 0. The smallest absolute Gasteiger partial charge is 0.0444 e. The van der Waals surface area contributed by atoms with Crippen molar-refractivity contribution in [2.24, 2.45) is 0 Å². The standard InChI is InChI=1S/C12H16ClN/c1-2-14-9-12(7-8-12)10-5-3-4-6-11(10)13/h3-6,14H,2,7-9H2,1H3. The van der Waals surface area contributed by atoms with Crippen molar-refractivity contribution in [2.75, 3.05) is 13.1 Å². The van der Waals surface area contributed by atoms with Gasteiger partial charge in [-0.15, -0.1) is 0 Å². The SMILES string of the molecule is CCNCC1(c2ccccc2Cl)CC1. The molecule has 1 saturated carbocycles. The van der Waals surface area contributed by atoms with Crippen molar-refractivity contribution >= 4 is 11.6 Å². The van der Waals surface area contributed by atoms with Gasteiger partial charge in [0, 0.05) is 17.0 Å². The largest absolute Gasteiger partial charge is 0.316 e. The summed E-state index contributed by atoms with van der Waals surface area (Å²) >= 11 is 6.20. The Hall–Kier alpha value is -0.530. The first kappa shape index (κ1) is 10.0. The Bertz CT molecular complexity index is 318. The molecule has 1 fully saturated rings. The monoisotopic (exact) mass is 209 g/mol. The summed E-state index contributed by atoms with van der Waals surface area (Å²) in [6.07, 6.45) is 2.54. The number of halogens is 1. The van der Waals surface area contributed by atoms with Crippen LogP contribution in [0.5, 0.6) is 0 Å². The molecule has 76 valence electrons. The van der Waals surface area contributed by atoms with Gasteiger partial charge >= 0.3 is 0 Å². The molecular weight excluding hydrogens is 194 g/mol. The molecule has 1 aliphatic carbocycles. The van der Waals surface area contributed by atoms with Crippen molar-refractivity contribution in [3.63, 3.8) is 0 Å². The normalized spacial score (nSPS) is 18.1. The molecule has 2 rings (SSSR count). The number of rotatable bonds is 4. The summed E-state index contributed by atoms with van der Waals surface area (Å²) in [4.78, 5) is 0. The van der Waals surface area contributed by atoms with Gasteiger partial charge in [0.25, 0.3) is 0 Å². The van der Waals surface area contributed by atoms with Gasteiger partial charge in [-0.3, -0.25) is 0 Å². The van der Waals surface area contributed by atoms with Gasteiger partial charge in [-0.2, -0.15) is 0 Å². The van der Waals surface area contributed by atoms with Crippen LogP contribution in [0.25, 0.3) is 0 Å². The van der Waals surface area contributed by atoms with Crippen molar-refractivity contribution in [1.82, 2.24) is 5.32 Å². The molecule has 0 radical (unpaired) electrons. The highest BCUT2D eigenvalue weighted by atomic mass is 35.5.